The number of nitrogens with one attached hydrogen (secondary N) is 1. The predicted molar refractivity (Wildman–Crippen MR) is 62.4 cm³/mol. The van der Waals surface area contributed by atoms with Crippen LogP contribution in [0, 0.1) is 11.8 Å². The van der Waals surface area contributed by atoms with Crippen molar-refractivity contribution in [2.24, 2.45) is 17.6 Å². The average Bonchev–Trinajstić information content (AvgIpc) is 2.09. The van der Waals surface area contributed by atoms with Crippen molar-refractivity contribution in [2.75, 3.05) is 6.54 Å². The van der Waals surface area contributed by atoms with E-state index in [4.69, 9.17) is 5.73 Å². The minimum Gasteiger partial charge on any atom is -0.353 e. The molecule has 0 aromatic rings. The SMILES string of the molecule is CC(C)CC(CN)CC(=O)NC1CCC1. The molecule has 0 aliphatic heterocycles. The summed E-state index contributed by atoms with van der Waals surface area (Å²) in [6, 6.07) is 0.454. The maximum Gasteiger partial charge on any atom is 0.220 e. The number of carbonyl (C=O) groups is 1. The van der Waals surface area contributed by atoms with Gasteiger partial charge in [0.2, 0.25) is 5.91 Å². The van der Waals surface area contributed by atoms with Crippen molar-refractivity contribution < 1.29 is 4.79 Å². The van der Waals surface area contributed by atoms with E-state index < -0.39 is 0 Å². The van der Waals surface area contributed by atoms with Gasteiger partial charge in [0.25, 0.3) is 0 Å². The molecule has 1 unspecified atom stereocenters. The Labute approximate surface area is 92.8 Å². The molecule has 0 bridgehead atoms. The van der Waals surface area contributed by atoms with Crippen LogP contribution in [0.25, 0.3) is 0 Å². The first-order valence-corrected chi connectivity index (χ1v) is 6.11. The van der Waals surface area contributed by atoms with Crippen LogP contribution in [0.5, 0.6) is 0 Å². The first-order chi connectivity index (χ1) is 7.11. The molecular formula is C12H24N2O. The highest BCUT2D eigenvalue weighted by molar-refractivity contribution is 5.76. The normalized spacial score (nSPS) is 18.7. The van der Waals surface area contributed by atoms with Gasteiger partial charge in [-0.25, -0.2) is 0 Å². The molecule has 1 saturated carbocycles. The summed E-state index contributed by atoms with van der Waals surface area (Å²) in [5.74, 6) is 1.16. The molecule has 3 heteroatoms. The first kappa shape index (κ1) is 12.5. The van der Waals surface area contributed by atoms with Gasteiger partial charge in [0, 0.05) is 12.5 Å². The van der Waals surface area contributed by atoms with Crippen molar-refractivity contribution in [3.63, 3.8) is 0 Å². The summed E-state index contributed by atoms with van der Waals surface area (Å²) in [5, 5.41) is 3.06. The van der Waals surface area contributed by atoms with Crippen molar-refractivity contribution in [3.05, 3.63) is 0 Å². The molecule has 1 aliphatic carbocycles. The summed E-state index contributed by atoms with van der Waals surface area (Å²) in [4.78, 5) is 11.6. The highest BCUT2D eigenvalue weighted by Crippen LogP contribution is 2.19. The van der Waals surface area contributed by atoms with Crippen LogP contribution in [0.15, 0.2) is 0 Å². The van der Waals surface area contributed by atoms with E-state index in [9.17, 15) is 4.79 Å². The minimum absolute atomic E-state index is 0.191. The Bertz CT molecular complexity index is 200. The Morgan fingerprint density at radius 1 is 1.47 bits per heavy atom. The molecule has 0 saturated heterocycles. The van der Waals surface area contributed by atoms with Crippen molar-refractivity contribution in [2.45, 2.75) is 52.0 Å². The van der Waals surface area contributed by atoms with Gasteiger partial charge in [0.1, 0.15) is 0 Å². The summed E-state index contributed by atoms with van der Waals surface area (Å²) in [6.45, 7) is 4.97. The lowest BCUT2D eigenvalue weighted by molar-refractivity contribution is -0.123. The number of amides is 1. The van der Waals surface area contributed by atoms with Gasteiger partial charge in [-0.15, -0.1) is 0 Å². The molecule has 1 rings (SSSR count). The topological polar surface area (TPSA) is 55.1 Å². The van der Waals surface area contributed by atoms with Crippen LogP contribution >= 0.6 is 0 Å². The molecule has 15 heavy (non-hydrogen) atoms. The molecule has 0 aromatic carbocycles. The molecular weight excluding hydrogens is 188 g/mol. The molecule has 0 radical (unpaired) electrons. The van der Waals surface area contributed by atoms with E-state index in [1.165, 1.54) is 6.42 Å². The smallest absolute Gasteiger partial charge is 0.220 e. The van der Waals surface area contributed by atoms with Crippen LogP contribution in [0.3, 0.4) is 0 Å². The Kier molecular flexibility index (Phi) is 5.09. The number of nitrogens with two attached hydrogens (primary N) is 1. The van der Waals surface area contributed by atoms with Gasteiger partial charge < -0.3 is 11.1 Å². The van der Waals surface area contributed by atoms with E-state index >= 15 is 0 Å². The fraction of sp³-hybridized carbons (Fsp3) is 0.917. The van der Waals surface area contributed by atoms with E-state index in [-0.39, 0.29) is 5.91 Å². The summed E-state index contributed by atoms with van der Waals surface area (Å²) >= 11 is 0. The third-order valence-corrected chi connectivity index (χ3v) is 3.08. The second kappa shape index (κ2) is 6.11. The third kappa shape index (κ3) is 4.65. The Balaban J connectivity index is 2.20. The van der Waals surface area contributed by atoms with E-state index in [2.05, 4.69) is 19.2 Å². The van der Waals surface area contributed by atoms with Gasteiger partial charge in [-0.2, -0.15) is 0 Å². The largest absolute Gasteiger partial charge is 0.353 e. The van der Waals surface area contributed by atoms with Crippen molar-refractivity contribution >= 4 is 5.91 Å². The van der Waals surface area contributed by atoms with Gasteiger partial charge in [-0.3, -0.25) is 4.79 Å². The molecule has 0 spiro atoms. The van der Waals surface area contributed by atoms with Crippen molar-refractivity contribution in [1.82, 2.24) is 5.32 Å². The Hall–Kier alpha value is -0.570. The molecule has 1 aliphatic rings. The predicted octanol–water partition coefficient (Wildman–Crippen LogP) is 1.67. The molecule has 0 heterocycles. The fourth-order valence-electron chi connectivity index (χ4n) is 2.03. The monoisotopic (exact) mass is 212 g/mol. The Morgan fingerprint density at radius 3 is 2.53 bits per heavy atom. The van der Waals surface area contributed by atoms with Gasteiger partial charge in [0.05, 0.1) is 0 Å². The highest BCUT2D eigenvalue weighted by Gasteiger charge is 2.21. The molecule has 1 atom stereocenters. The van der Waals surface area contributed by atoms with Crippen LogP contribution in [0.2, 0.25) is 0 Å². The number of carbonyl (C=O) groups excluding carboxylic acids is 1. The van der Waals surface area contributed by atoms with Crippen molar-refractivity contribution in [3.8, 4) is 0 Å². The maximum absolute atomic E-state index is 11.6. The zero-order valence-corrected chi connectivity index (χ0v) is 9.96. The lowest BCUT2D eigenvalue weighted by atomic mass is 9.91. The van der Waals surface area contributed by atoms with Gasteiger partial charge in [-0.05, 0) is 44.1 Å². The molecule has 0 aromatic heterocycles. The second-order valence-corrected chi connectivity index (χ2v) is 5.13. The van der Waals surface area contributed by atoms with Crippen LogP contribution in [0.4, 0.5) is 0 Å². The number of hydrogen-bond donors (Lipinski definition) is 2. The van der Waals surface area contributed by atoms with Crippen molar-refractivity contribution in [1.29, 1.82) is 0 Å². The molecule has 3 nitrogen and oxygen atoms in total. The summed E-state index contributed by atoms with van der Waals surface area (Å²) in [6.07, 6.45) is 5.23. The van der Waals surface area contributed by atoms with E-state index in [1.807, 2.05) is 0 Å². The van der Waals surface area contributed by atoms with Gasteiger partial charge >= 0.3 is 0 Å². The molecule has 88 valence electrons. The lowest BCUT2D eigenvalue weighted by Crippen LogP contribution is -2.40. The fourth-order valence-corrected chi connectivity index (χ4v) is 2.03. The number of rotatable bonds is 6. The summed E-state index contributed by atoms with van der Waals surface area (Å²) in [7, 11) is 0. The van der Waals surface area contributed by atoms with E-state index in [0.717, 1.165) is 19.3 Å². The lowest BCUT2D eigenvalue weighted by Gasteiger charge is -2.27. The van der Waals surface area contributed by atoms with Crippen LogP contribution in [-0.2, 0) is 4.79 Å². The molecule has 1 fully saturated rings. The molecule has 3 N–H and O–H groups in total. The highest BCUT2D eigenvalue weighted by atomic mass is 16.1. The Morgan fingerprint density at radius 2 is 2.13 bits per heavy atom. The van der Waals surface area contributed by atoms with Gasteiger partial charge in [-0.1, -0.05) is 13.8 Å². The zero-order valence-electron chi connectivity index (χ0n) is 9.96. The number of hydrogen-bond acceptors (Lipinski definition) is 2. The quantitative estimate of drug-likeness (QED) is 0.703. The minimum atomic E-state index is 0.191. The standard InChI is InChI=1S/C12H24N2O/c1-9(2)6-10(8-13)7-12(15)14-11-4-3-5-11/h9-11H,3-8,13H2,1-2H3,(H,14,15). The second-order valence-electron chi connectivity index (χ2n) is 5.13. The summed E-state index contributed by atoms with van der Waals surface area (Å²) in [5.41, 5.74) is 5.67. The zero-order chi connectivity index (χ0) is 11.3. The van der Waals surface area contributed by atoms with E-state index in [0.29, 0.717) is 30.8 Å². The van der Waals surface area contributed by atoms with Gasteiger partial charge in [0.15, 0.2) is 0 Å². The first-order valence-electron chi connectivity index (χ1n) is 6.11. The molecule has 1 amide bonds. The van der Waals surface area contributed by atoms with Crippen LogP contribution in [-0.4, -0.2) is 18.5 Å². The average molecular weight is 212 g/mol. The maximum atomic E-state index is 11.6. The van der Waals surface area contributed by atoms with Crippen LogP contribution in [0.1, 0.15) is 46.0 Å². The van der Waals surface area contributed by atoms with Crippen LogP contribution < -0.4 is 11.1 Å². The summed E-state index contributed by atoms with van der Waals surface area (Å²) < 4.78 is 0. The van der Waals surface area contributed by atoms with E-state index in [1.54, 1.807) is 0 Å². The third-order valence-electron chi connectivity index (χ3n) is 3.08.